The van der Waals surface area contributed by atoms with E-state index in [1.54, 1.807) is 12.3 Å². The monoisotopic (exact) mass is 124 g/mol. The molecule has 0 saturated heterocycles. The van der Waals surface area contributed by atoms with Gasteiger partial charge in [-0.15, -0.1) is 0 Å². The zero-order valence-electron chi connectivity index (χ0n) is 4.81. The number of aryl methyl sites for hydroxylation is 1. The molecule has 2 heteroatoms. The van der Waals surface area contributed by atoms with E-state index in [2.05, 4.69) is 16.5 Å². The number of nitrogens with zero attached hydrogens (tertiary/aromatic N) is 1. The average Bonchev–Trinajstić information content (AvgIpc) is 2.14. The summed E-state index contributed by atoms with van der Waals surface area (Å²) >= 11 is 0. The van der Waals surface area contributed by atoms with Crippen LogP contribution in [-0.4, -0.2) is 9.97 Å². The first-order valence-corrected chi connectivity index (χ1v) is 2.47. The molecule has 0 fully saturated rings. The Morgan fingerprint density at radius 2 is 2.44 bits per heavy atom. The Hall–Kier alpha value is -1.05. The van der Waals surface area contributed by atoms with E-state index in [1.807, 2.05) is 6.92 Å². The van der Waals surface area contributed by atoms with E-state index in [0.29, 0.717) is 0 Å². The lowest BCUT2D eigenvalue weighted by molar-refractivity contribution is 1.15. The molecule has 0 aromatic carbocycles. The van der Waals surface area contributed by atoms with Crippen molar-refractivity contribution in [2.75, 3.05) is 0 Å². The molecule has 1 aromatic heterocycles. The van der Waals surface area contributed by atoms with Gasteiger partial charge < -0.3 is 4.98 Å². The maximum absolute atomic E-state index is 3.96. The van der Waals surface area contributed by atoms with Crippen LogP contribution in [0.2, 0.25) is 0 Å². The number of aromatic amines is 1. The third-order valence-electron chi connectivity index (χ3n) is 0.942. The van der Waals surface area contributed by atoms with Gasteiger partial charge in [-0.3, -0.25) is 0 Å². The molecule has 0 radical (unpaired) electrons. The quantitative estimate of drug-likeness (QED) is 0.609. The number of hydrogen-bond donors (Lipinski definition) is 1. The van der Waals surface area contributed by atoms with Gasteiger partial charge in [-0.1, -0.05) is 14.0 Å². The summed E-state index contributed by atoms with van der Waals surface area (Å²) in [5.41, 5.74) is 0.975. The van der Waals surface area contributed by atoms with Gasteiger partial charge in [-0.25, -0.2) is 4.98 Å². The molecule has 1 aromatic rings. The lowest BCUT2D eigenvalue weighted by atomic mass is 10.5. The van der Waals surface area contributed by atoms with Gasteiger partial charge in [0.25, 0.3) is 0 Å². The van der Waals surface area contributed by atoms with E-state index in [9.17, 15) is 0 Å². The smallest absolute Gasteiger partial charge is 0.103 e. The molecule has 2 nitrogen and oxygen atoms in total. The second kappa shape index (κ2) is 3.07. The summed E-state index contributed by atoms with van der Waals surface area (Å²) in [6.45, 7) is 5.48. The Bertz CT molecular complexity index is 189. The normalized spacial score (nSPS) is 8.11. The van der Waals surface area contributed by atoms with Crippen molar-refractivity contribution in [2.24, 2.45) is 0 Å². The highest BCUT2D eigenvalue weighted by atomic mass is 14.9. The maximum Gasteiger partial charge on any atom is 0.103 e. The Kier molecular flexibility index (Phi) is 2.71. The Labute approximate surface area is 55.6 Å². The van der Waals surface area contributed by atoms with Crippen molar-refractivity contribution in [3.05, 3.63) is 24.3 Å². The Morgan fingerprint density at radius 1 is 1.78 bits per heavy atom. The predicted molar refractivity (Wildman–Crippen MR) is 40.1 cm³/mol. The molecule has 50 valence electrons. The summed E-state index contributed by atoms with van der Waals surface area (Å²) < 4.78 is 0. The number of nitrogens with one attached hydrogen (secondary N) is 1. The van der Waals surface area contributed by atoms with Crippen molar-refractivity contribution in [3.8, 4) is 0 Å². The molecule has 0 aliphatic rings. The second-order valence-corrected chi connectivity index (χ2v) is 1.63. The number of imidazole rings is 1. The van der Waals surface area contributed by atoms with Crippen molar-refractivity contribution < 1.29 is 0 Å². The molecule has 1 N–H and O–H groups in total. The average molecular weight is 124 g/mol. The Morgan fingerprint density at radius 3 is 2.67 bits per heavy atom. The van der Waals surface area contributed by atoms with Crippen molar-refractivity contribution in [3.63, 3.8) is 0 Å². The zero-order chi connectivity index (χ0) is 5.98. The molecule has 0 saturated carbocycles. The van der Waals surface area contributed by atoms with Gasteiger partial charge in [0.15, 0.2) is 0 Å². The first-order valence-electron chi connectivity index (χ1n) is 2.47. The summed E-state index contributed by atoms with van der Waals surface area (Å²) in [7, 11) is 0. The van der Waals surface area contributed by atoms with Crippen LogP contribution in [-0.2, 0) is 0 Å². The van der Waals surface area contributed by atoms with Gasteiger partial charge in [-0.05, 0) is 13.0 Å². The van der Waals surface area contributed by atoms with Crippen LogP contribution in [0.1, 0.15) is 18.9 Å². The van der Waals surface area contributed by atoms with Gasteiger partial charge in [0.2, 0.25) is 0 Å². The molecule has 0 aliphatic carbocycles. The minimum absolute atomic E-state index is 0. The number of aromatic nitrogens is 2. The summed E-state index contributed by atoms with van der Waals surface area (Å²) in [6, 6.07) is 0. The molecule has 9 heavy (non-hydrogen) atoms. The molecule has 0 atom stereocenters. The molecule has 0 amide bonds. The van der Waals surface area contributed by atoms with Crippen molar-refractivity contribution in [2.45, 2.75) is 14.4 Å². The van der Waals surface area contributed by atoms with E-state index in [4.69, 9.17) is 0 Å². The van der Waals surface area contributed by atoms with E-state index < -0.39 is 0 Å². The summed E-state index contributed by atoms with van der Waals surface area (Å²) in [6.07, 6.45) is 3.49. The topological polar surface area (TPSA) is 28.7 Å². The highest BCUT2D eigenvalue weighted by Gasteiger charge is 1.86. The fourth-order valence-electron chi connectivity index (χ4n) is 0.544. The van der Waals surface area contributed by atoms with E-state index in [-0.39, 0.29) is 7.43 Å². The lowest BCUT2D eigenvalue weighted by Crippen LogP contribution is -1.70. The fourth-order valence-corrected chi connectivity index (χ4v) is 0.544. The third kappa shape index (κ3) is 1.72. The van der Waals surface area contributed by atoms with Gasteiger partial charge in [-0.2, -0.15) is 0 Å². The largest absolute Gasteiger partial charge is 0.343 e. The van der Waals surface area contributed by atoms with Gasteiger partial charge in [0, 0.05) is 0 Å². The number of hydrogen-bond acceptors (Lipinski definition) is 1. The fraction of sp³-hybridized carbons (Fsp3) is 0.286. The highest BCUT2D eigenvalue weighted by molar-refractivity contribution is 5.39. The molecule has 1 heterocycles. The van der Waals surface area contributed by atoms with Gasteiger partial charge >= 0.3 is 0 Å². The molecule has 1 rings (SSSR count). The number of H-pyrrole nitrogens is 1. The van der Waals surface area contributed by atoms with Crippen LogP contribution in [0.25, 0.3) is 6.08 Å². The Balaban J connectivity index is 0.000000640. The summed E-state index contributed by atoms with van der Waals surface area (Å²) in [5.74, 6) is 0.930. The summed E-state index contributed by atoms with van der Waals surface area (Å²) in [5, 5.41) is 0. The predicted octanol–water partition coefficient (Wildman–Crippen LogP) is 2.00. The lowest BCUT2D eigenvalue weighted by Gasteiger charge is -1.77. The first kappa shape index (κ1) is 7.95. The van der Waals surface area contributed by atoms with Crippen molar-refractivity contribution in [1.29, 1.82) is 0 Å². The van der Waals surface area contributed by atoms with E-state index >= 15 is 0 Å². The third-order valence-corrected chi connectivity index (χ3v) is 0.942. The van der Waals surface area contributed by atoms with Crippen molar-refractivity contribution in [1.82, 2.24) is 9.97 Å². The maximum atomic E-state index is 3.96. The summed E-state index contributed by atoms with van der Waals surface area (Å²) in [4.78, 5) is 6.96. The molecular weight excluding hydrogens is 112 g/mol. The van der Waals surface area contributed by atoms with E-state index in [0.717, 1.165) is 11.5 Å². The molecule has 0 spiro atoms. The molecule has 0 unspecified atom stereocenters. The van der Waals surface area contributed by atoms with Gasteiger partial charge in [0.05, 0.1) is 11.9 Å². The first-order chi connectivity index (χ1) is 3.83. The minimum atomic E-state index is 0. The molecular formula is C7H12N2. The molecule has 0 bridgehead atoms. The van der Waals surface area contributed by atoms with Crippen LogP contribution >= 0.6 is 0 Å². The molecule has 0 aliphatic heterocycles. The van der Waals surface area contributed by atoms with Crippen LogP contribution < -0.4 is 0 Å². The standard InChI is InChI=1S/C6H8N2.CH4/c1-3-6-4-7-5(2)8-6;/h3-4H,1H2,2H3,(H,7,8);1H4. The highest BCUT2D eigenvalue weighted by Crippen LogP contribution is 1.94. The van der Waals surface area contributed by atoms with Crippen molar-refractivity contribution >= 4 is 6.08 Å². The minimum Gasteiger partial charge on any atom is -0.343 e. The van der Waals surface area contributed by atoms with Gasteiger partial charge in [0.1, 0.15) is 5.82 Å². The second-order valence-electron chi connectivity index (χ2n) is 1.63. The van der Waals surface area contributed by atoms with E-state index in [1.165, 1.54) is 0 Å². The number of rotatable bonds is 1. The van der Waals surface area contributed by atoms with Crippen LogP contribution in [0.3, 0.4) is 0 Å². The van der Waals surface area contributed by atoms with Crippen LogP contribution in [0.4, 0.5) is 0 Å². The SMILES string of the molecule is C.C=Cc1cnc(C)[nH]1. The van der Waals surface area contributed by atoms with Crippen LogP contribution in [0, 0.1) is 6.92 Å². The van der Waals surface area contributed by atoms with Crippen LogP contribution in [0.15, 0.2) is 12.8 Å². The zero-order valence-corrected chi connectivity index (χ0v) is 4.81. The van der Waals surface area contributed by atoms with Crippen LogP contribution in [0.5, 0.6) is 0 Å².